The lowest BCUT2D eigenvalue weighted by atomic mass is 10.0. The minimum Gasteiger partial charge on any atom is -0.319 e. The fraction of sp³-hybridized carbons (Fsp3) is 0. The van der Waals surface area contributed by atoms with Gasteiger partial charge < -0.3 is 13.7 Å². The zero-order valence-corrected chi connectivity index (χ0v) is 29.5. The van der Waals surface area contributed by atoms with Crippen LogP contribution in [-0.4, -0.2) is 13.7 Å². The molecule has 0 N–H and O–H groups in total. The van der Waals surface area contributed by atoms with Crippen molar-refractivity contribution in [3.05, 3.63) is 199 Å². The Morgan fingerprint density at radius 2 is 0.745 bits per heavy atom. The maximum Gasteiger partial charge on any atom is 0.212 e. The monoisotopic (exact) mass is 699 g/mol. The first-order valence-electron chi connectivity index (χ1n) is 18.3. The third kappa shape index (κ3) is 4.45. The molecule has 3 heterocycles. The molecular weight excluding hydrogens is 671 g/mol. The molecule has 5 heteroatoms. The Bertz CT molecular complexity index is 3350. The number of hydrogen-bond donors (Lipinski definition) is 0. The van der Waals surface area contributed by atoms with Crippen molar-refractivity contribution in [3.63, 3.8) is 0 Å². The number of benzene rings is 8. The molecule has 0 amide bonds. The molecule has 11 rings (SSSR count). The van der Waals surface area contributed by atoms with E-state index in [2.05, 4.69) is 181 Å². The van der Waals surface area contributed by atoms with Crippen LogP contribution >= 0.6 is 0 Å². The van der Waals surface area contributed by atoms with E-state index in [0.29, 0.717) is 11.4 Å². The number of aromatic nitrogens is 3. The highest BCUT2D eigenvalue weighted by Gasteiger charge is 2.20. The van der Waals surface area contributed by atoms with Crippen LogP contribution in [0.1, 0.15) is 0 Å². The van der Waals surface area contributed by atoms with E-state index in [1.165, 1.54) is 10.8 Å². The van der Waals surface area contributed by atoms with Gasteiger partial charge in [0.1, 0.15) is 0 Å². The maximum absolute atomic E-state index is 8.38. The fourth-order valence-corrected chi connectivity index (χ4v) is 8.71. The quantitative estimate of drug-likeness (QED) is 0.163. The summed E-state index contributed by atoms with van der Waals surface area (Å²) in [5.41, 5.74) is 12.2. The zero-order valence-electron chi connectivity index (χ0n) is 29.5. The van der Waals surface area contributed by atoms with E-state index in [4.69, 9.17) is 13.1 Å². The highest BCUT2D eigenvalue weighted by molar-refractivity contribution is 6.14. The summed E-state index contributed by atoms with van der Waals surface area (Å²) in [7, 11) is 0. The zero-order chi connectivity index (χ0) is 36.6. The summed E-state index contributed by atoms with van der Waals surface area (Å²) < 4.78 is 6.72. The number of hydrogen-bond acceptors (Lipinski definition) is 0. The smallest absolute Gasteiger partial charge is 0.212 e. The highest BCUT2D eigenvalue weighted by Crippen LogP contribution is 2.42. The van der Waals surface area contributed by atoms with Crippen LogP contribution in [0.15, 0.2) is 176 Å². The molecule has 5 nitrogen and oxygen atoms in total. The minimum absolute atomic E-state index is 0.563. The van der Waals surface area contributed by atoms with Gasteiger partial charge in [-0.1, -0.05) is 109 Å². The molecule has 0 saturated heterocycles. The standard InChI is InChI=1S/C50H29N5/c1-51-42-29-34(27-28-35(42)32-23-25-33(26-24-32)53-44-18-8-3-13-36(44)37-14-4-9-19-45(37)53)54-46-20-10-7-17-40(46)41-30-50(43(52-2)31-49(41)54)55-47-21-11-5-15-38(47)39-16-6-12-22-48(39)55/h3-31H. The van der Waals surface area contributed by atoms with Gasteiger partial charge in [0.15, 0.2) is 5.69 Å². The second-order valence-corrected chi connectivity index (χ2v) is 13.9. The van der Waals surface area contributed by atoms with Crippen molar-refractivity contribution in [1.29, 1.82) is 0 Å². The van der Waals surface area contributed by atoms with Crippen LogP contribution in [0.3, 0.4) is 0 Å². The van der Waals surface area contributed by atoms with Crippen LogP contribution in [0, 0.1) is 13.1 Å². The van der Waals surface area contributed by atoms with Gasteiger partial charge in [-0.05, 0) is 77.9 Å². The largest absolute Gasteiger partial charge is 0.319 e. The summed E-state index contributed by atoms with van der Waals surface area (Å²) in [6.45, 7) is 16.7. The van der Waals surface area contributed by atoms with Gasteiger partial charge in [-0.15, -0.1) is 0 Å². The van der Waals surface area contributed by atoms with Crippen LogP contribution in [-0.2, 0) is 0 Å². The fourth-order valence-electron chi connectivity index (χ4n) is 8.71. The number of para-hydroxylation sites is 5. The van der Waals surface area contributed by atoms with E-state index >= 15 is 0 Å². The molecule has 0 aliphatic heterocycles. The van der Waals surface area contributed by atoms with E-state index in [9.17, 15) is 0 Å². The Hall–Kier alpha value is -7.86. The molecule has 254 valence electrons. The number of fused-ring (bicyclic) bond motifs is 9. The Morgan fingerprint density at radius 1 is 0.327 bits per heavy atom. The number of rotatable bonds is 4. The van der Waals surface area contributed by atoms with Gasteiger partial charge in [-0.3, -0.25) is 0 Å². The van der Waals surface area contributed by atoms with Gasteiger partial charge in [0.25, 0.3) is 0 Å². The average Bonchev–Trinajstić information content (AvgIpc) is 3.88. The van der Waals surface area contributed by atoms with E-state index in [0.717, 1.165) is 82.8 Å². The summed E-state index contributed by atoms with van der Waals surface area (Å²) in [6, 6.07) is 61.0. The molecule has 0 aliphatic carbocycles. The first-order valence-corrected chi connectivity index (χ1v) is 18.3. The van der Waals surface area contributed by atoms with E-state index in [1.54, 1.807) is 0 Å². The first kappa shape index (κ1) is 30.7. The molecule has 0 aliphatic rings. The van der Waals surface area contributed by atoms with Crippen LogP contribution in [0.2, 0.25) is 0 Å². The second-order valence-electron chi connectivity index (χ2n) is 13.9. The lowest BCUT2D eigenvalue weighted by Gasteiger charge is -2.14. The van der Waals surface area contributed by atoms with Gasteiger partial charge in [0, 0.05) is 49.2 Å². The average molecular weight is 700 g/mol. The van der Waals surface area contributed by atoms with Crippen molar-refractivity contribution in [1.82, 2.24) is 13.7 Å². The topological polar surface area (TPSA) is 23.5 Å². The summed E-state index contributed by atoms with van der Waals surface area (Å²) >= 11 is 0. The molecule has 0 atom stereocenters. The summed E-state index contributed by atoms with van der Waals surface area (Å²) in [5.74, 6) is 0. The first-order chi connectivity index (χ1) is 27.2. The van der Waals surface area contributed by atoms with Crippen LogP contribution in [0.5, 0.6) is 0 Å². The summed E-state index contributed by atoms with van der Waals surface area (Å²) in [6.07, 6.45) is 0. The third-order valence-electron chi connectivity index (χ3n) is 11.1. The Morgan fingerprint density at radius 3 is 1.24 bits per heavy atom. The van der Waals surface area contributed by atoms with Gasteiger partial charge in [0.2, 0.25) is 5.69 Å². The van der Waals surface area contributed by atoms with Crippen molar-refractivity contribution in [2.24, 2.45) is 0 Å². The van der Waals surface area contributed by atoms with Crippen molar-refractivity contribution in [2.75, 3.05) is 0 Å². The molecule has 8 aromatic carbocycles. The van der Waals surface area contributed by atoms with Gasteiger partial charge in [-0.2, -0.15) is 0 Å². The molecule has 55 heavy (non-hydrogen) atoms. The minimum atomic E-state index is 0.563. The molecule has 0 bridgehead atoms. The molecule has 11 aromatic rings. The molecule has 3 aromatic heterocycles. The maximum atomic E-state index is 8.38. The molecule has 0 fully saturated rings. The van der Waals surface area contributed by atoms with E-state index in [1.807, 2.05) is 18.2 Å². The van der Waals surface area contributed by atoms with Crippen molar-refractivity contribution >= 4 is 76.8 Å². The van der Waals surface area contributed by atoms with Gasteiger partial charge in [-0.25, -0.2) is 9.69 Å². The van der Waals surface area contributed by atoms with Crippen molar-refractivity contribution < 1.29 is 0 Å². The number of nitrogens with zero attached hydrogens (tertiary/aromatic N) is 5. The van der Waals surface area contributed by atoms with Crippen molar-refractivity contribution in [3.8, 4) is 28.2 Å². The highest BCUT2D eigenvalue weighted by atomic mass is 15.0. The Kier molecular flexibility index (Phi) is 6.61. The van der Waals surface area contributed by atoms with Crippen LogP contribution < -0.4 is 0 Å². The lowest BCUT2D eigenvalue weighted by molar-refractivity contribution is 1.17. The van der Waals surface area contributed by atoms with Gasteiger partial charge in [0.05, 0.1) is 46.4 Å². The SMILES string of the molecule is [C-]#[N+]c1cc(-n2c3ccccc3c3cc(-n4c5ccccc5c5ccccc54)c([N+]#[C-])cc32)ccc1-c1ccc(-n2c3ccccc3c3ccccc32)cc1. The van der Waals surface area contributed by atoms with E-state index < -0.39 is 0 Å². The van der Waals surface area contributed by atoms with Crippen molar-refractivity contribution in [2.45, 2.75) is 0 Å². The normalized spacial score (nSPS) is 11.6. The lowest BCUT2D eigenvalue weighted by Crippen LogP contribution is -1.97. The molecule has 0 unspecified atom stereocenters. The molecule has 0 radical (unpaired) electrons. The molecular formula is C50H29N5. The summed E-state index contributed by atoms with van der Waals surface area (Å²) in [4.78, 5) is 8.16. The Balaban J connectivity index is 1.06. The van der Waals surface area contributed by atoms with E-state index in [-0.39, 0.29) is 0 Å². The summed E-state index contributed by atoms with van der Waals surface area (Å²) in [5, 5.41) is 6.91. The predicted octanol–water partition coefficient (Wildman–Crippen LogP) is 13.7. The van der Waals surface area contributed by atoms with Gasteiger partial charge >= 0.3 is 0 Å². The second kappa shape index (κ2) is 11.8. The predicted molar refractivity (Wildman–Crippen MR) is 227 cm³/mol. The van der Waals surface area contributed by atoms with Crippen LogP contribution in [0.4, 0.5) is 11.4 Å². The molecule has 0 spiro atoms. The third-order valence-corrected chi connectivity index (χ3v) is 11.1. The molecule has 0 saturated carbocycles. The Labute approximate surface area is 316 Å². The van der Waals surface area contributed by atoms with Crippen LogP contribution in [0.25, 0.3) is 103 Å².